The van der Waals surface area contributed by atoms with Crippen LogP contribution >= 0.6 is 0 Å². The number of piperazine rings is 1. The van der Waals surface area contributed by atoms with Gasteiger partial charge in [0.25, 0.3) is 0 Å². The van der Waals surface area contributed by atoms with E-state index >= 15 is 0 Å². The third kappa shape index (κ3) is 7.38. The quantitative estimate of drug-likeness (QED) is 0.334. The molecule has 1 aromatic heterocycles. The highest BCUT2D eigenvalue weighted by Crippen LogP contribution is 2.31. The van der Waals surface area contributed by atoms with Gasteiger partial charge in [0.2, 0.25) is 5.91 Å². The van der Waals surface area contributed by atoms with Gasteiger partial charge in [0.05, 0.1) is 0 Å². The van der Waals surface area contributed by atoms with E-state index in [0.717, 1.165) is 50.2 Å². The van der Waals surface area contributed by atoms with Crippen LogP contribution in [0.2, 0.25) is 0 Å². The van der Waals surface area contributed by atoms with Gasteiger partial charge in [-0.05, 0) is 74.7 Å². The van der Waals surface area contributed by atoms with Crippen LogP contribution in [0.4, 0.5) is 16.2 Å². The van der Waals surface area contributed by atoms with Gasteiger partial charge in [0.15, 0.2) is 0 Å². The van der Waals surface area contributed by atoms with Gasteiger partial charge in [-0.2, -0.15) is 0 Å². The fourth-order valence-corrected chi connectivity index (χ4v) is 6.35. The molecule has 2 aliphatic heterocycles. The molecule has 2 aliphatic rings. The number of hydrogen-bond acceptors (Lipinski definition) is 4. The lowest BCUT2D eigenvalue weighted by Crippen LogP contribution is -2.50. The molecule has 1 saturated heterocycles. The first-order valence-electron chi connectivity index (χ1n) is 15.2. The second-order valence-electron chi connectivity index (χ2n) is 11.9. The van der Waals surface area contributed by atoms with Crippen molar-refractivity contribution in [2.24, 2.45) is 11.7 Å². The van der Waals surface area contributed by atoms with E-state index < -0.39 is 0 Å². The Kier molecular flexibility index (Phi) is 9.67. The van der Waals surface area contributed by atoms with Gasteiger partial charge in [-0.3, -0.25) is 4.79 Å². The molecule has 3 aromatic carbocycles. The molecule has 43 heavy (non-hydrogen) atoms. The lowest BCUT2D eigenvalue weighted by Gasteiger charge is -2.36. The summed E-state index contributed by atoms with van der Waals surface area (Å²) in [6.07, 6.45) is 4.38. The SMILES string of the molecule is CN(C)CC1Cc2ccccc2N(C(=O)CCc2c[nH]c3ccccc23)C1.Cc1ccccc1N1CCN(C(N)=O)CC1. The van der Waals surface area contributed by atoms with Crippen molar-refractivity contribution in [2.75, 3.05) is 63.2 Å². The summed E-state index contributed by atoms with van der Waals surface area (Å²) in [5.41, 5.74) is 12.5. The zero-order chi connectivity index (χ0) is 30.3. The van der Waals surface area contributed by atoms with Crippen LogP contribution in [0.3, 0.4) is 0 Å². The van der Waals surface area contributed by atoms with Crippen molar-refractivity contribution in [2.45, 2.75) is 26.2 Å². The summed E-state index contributed by atoms with van der Waals surface area (Å²) in [5.74, 6) is 0.697. The molecular formula is C35H44N6O2. The number of fused-ring (bicyclic) bond motifs is 2. The zero-order valence-electron chi connectivity index (χ0n) is 25.6. The second kappa shape index (κ2) is 13.8. The van der Waals surface area contributed by atoms with Crippen molar-refractivity contribution < 1.29 is 9.59 Å². The average molecular weight is 581 g/mol. The predicted molar refractivity (Wildman–Crippen MR) is 176 cm³/mol. The summed E-state index contributed by atoms with van der Waals surface area (Å²) in [4.78, 5) is 35.6. The number of benzene rings is 3. The Hall–Kier alpha value is -4.30. The lowest BCUT2D eigenvalue weighted by atomic mass is 9.91. The number of aromatic amines is 1. The number of H-pyrrole nitrogens is 1. The van der Waals surface area contributed by atoms with Crippen LogP contribution in [0, 0.1) is 12.8 Å². The maximum Gasteiger partial charge on any atom is 0.314 e. The normalized spacial score (nSPS) is 16.6. The van der Waals surface area contributed by atoms with E-state index in [1.807, 2.05) is 41.4 Å². The van der Waals surface area contributed by atoms with Gasteiger partial charge in [-0.25, -0.2) is 4.79 Å². The molecule has 226 valence electrons. The fraction of sp³-hybridized carbons (Fsp3) is 0.371. The van der Waals surface area contributed by atoms with E-state index in [0.29, 0.717) is 25.4 Å². The predicted octanol–water partition coefficient (Wildman–Crippen LogP) is 5.06. The Morgan fingerprint density at radius 2 is 1.58 bits per heavy atom. The topological polar surface area (TPSA) is 88.9 Å². The minimum atomic E-state index is -0.315. The number of carbonyl (C=O) groups excluding carboxylic acids is 2. The molecule has 3 N–H and O–H groups in total. The minimum Gasteiger partial charge on any atom is -0.368 e. The molecule has 0 bridgehead atoms. The van der Waals surface area contributed by atoms with E-state index in [2.05, 4.69) is 78.3 Å². The summed E-state index contributed by atoms with van der Waals surface area (Å²) in [6, 6.07) is 24.6. The Labute approximate surface area is 255 Å². The number of rotatable bonds is 6. The van der Waals surface area contributed by atoms with Crippen molar-refractivity contribution in [1.82, 2.24) is 14.8 Å². The molecule has 0 radical (unpaired) electrons. The Bertz CT molecular complexity index is 1540. The fourth-order valence-electron chi connectivity index (χ4n) is 6.35. The summed E-state index contributed by atoms with van der Waals surface area (Å²) in [6.45, 7) is 7.05. The lowest BCUT2D eigenvalue weighted by molar-refractivity contribution is -0.118. The molecule has 1 atom stereocenters. The number of amides is 3. The van der Waals surface area contributed by atoms with Crippen molar-refractivity contribution >= 4 is 34.2 Å². The van der Waals surface area contributed by atoms with E-state index in [1.54, 1.807) is 4.90 Å². The Morgan fingerprint density at radius 3 is 2.30 bits per heavy atom. The molecule has 8 nitrogen and oxygen atoms in total. The molecule has 1 fully saturated rings. The number of carbonyl (C=O) groups is 2. The van der Waals surface area contributed by atoms with Gasteiger partial charge in [-0.1, -0.05) is 54.6 Å². The number of hydrogen-bond donors (Lipinski definition) is 2. The summed E-state index contributed by atoms with van der Waals surface area (Å²) < 4.78 is 0. The third-order valence-electron chi connectivity index (χ3n) is 8.49. The first-order chi connectivity index (χ1) is 20.8. The van der Waals surface area contributed by atoms with Crippen LogP contribution in [0.25, 0.3) is 10.9 Å². The minimum absolute atomic E-state index is 0.219. The molecule has 3 amide bonds. The van der Waals surface area contributed by atoms with Gasteiger partial charge in [0, 0.05) is 74.2 Å². The monoisotopic (exact) mass is 580 g/mol. The van der Waals surface area contributed by atoms with E-state index in [1.165, 1.54) is 27.8 Å². The third-order valence-corrected chi connectivity index (χ3v) is 8.49. The van der Waals surface area contributed by atoms with Crippen LogP contribution in [-0.2, 0) is 17.6 Å². The maximum absolute atomic E-state index is 13.1. The Balaban J connectivity index is 0.000000196. The molecule has 0 spiro atoms. The van der Waals surface area contributed by atoms with E-state index in [-0.39, 0.29) is 11.9 Å². The zero-order valence-corrected chi connectivity index (χ0v) is 25.6. The van der Waals surface area contributed by atoms with Crippen molar-refractivity contribution in [3.8, 4) is 0 Å². The van der Waals surface area contributed by atoms with Crippen LogP contribution in [0.1, 0.15) is 23.1 Å². The summed E-state index contributed by atoms with van der Waals surface area (Å²) in [7, 11) is 4.20. The molecule has 0 saturated carbocycles. The molecule has 6 rings (SSSR count). The van der Waals surface area contributed by atoms with Crippen molar-refractivity contribution in [3.63, 3.8) is 0 Å². The van der Waals surface area contributed by atoms with Crippen LogP contribution in [0.5, 0.6) is 0 Å². The maximum atomic E-state index is 13.1. The van der Waals surface area contributed by atoms with Crippen LogP contribution in [-0.4, -0.2) is 80.1 Å². The van der Waals surface area contributed by atoms with Crippen LogP contribution < -0.4 is 15.5 Å². The van der Waals surface area contributed by atoms with Gasteiger partial charge < -0.3 is 30.3 Å². The highest BCUT2D eigenvalue weighted by Gasteiger charge is 2.28. The summed E-state index contributed by atoms with van der Waals surface area (Å²) in [5, 5.41) is 1.22. The number of para-hydroxylation sites is 3. The number of nitrogens with one attached hydrogen (secondary N) is 1. The van der Waals surface area contributed by atoms with Gasteiger partial charge in [0.1, 0.15) is 0 Å². The first-order valence-corrected chi connectivity index (χ1v) is 15.2. The van der Waals surface area contributed by atoms with E-state index in [9.17, 15) is 9.59 Å². The molecular weight excluding hydrogens is 536 g/mol. The smallest absolute Gasteiger partial charge is 0.314 e. The number of nitrogens with two attached hydrogens (primary N) is 1. The molecule has 1 unspecified atom stereocenters. The van der Waals surface area contributed by atoms with Crippen LogP contribution in [0.15, 0.2) is 79.0 Å². The highest BCUT2D eigenvalue weighted by atomic mass is 16.2. The Morgan fingerprint density at radius 1 is 0.907 bits per heavy atom. The highest BCUT2D eigenvalue weighted by molar-refractivity contribution is 5.95. The van der Waals surface area contributed by atoms with Gasteiger partial charge in [-0.15, -0.1) is 0 Å². The second-order valence-corrected chi connectivity index (χ2v) is 11.9. The van der Waals surface area contributed by atoms with E-state index in [4.69, 9.17) is 5.73 Å². The molecule has 0 aliphatic carbocycles. The largest absolute Gasteiger partial charge is 0.368 e. The van der Waals surface area contributed by atoms with Gasteiger partial charge >= 0.3 is 6.03 Å². The number of anilines is 2. The molecule has 3 heterocycles. The van der Waals surface area contributed by atoms with Crippen molar-refractivity contribution in [1.29, 1.82) is 0 Å². The number of urea groups is 1. The molecule has 8 heteroatoms. The number of aryl methyl sites for hydroxylation is 2. The molecule has 4 aromatic rings. The van der Waals surface area contributed by atoms with Crippen molar-refractivity contribution in [3.05, 3.63) is 95.7 Å². The number of nitrogens with zero attached hydrogens (tertiary/aromatic N) is 4. The average Bonchev–Trinajstić information content (AvgIpc) is 3.43. The number of aromatic nitrogens is 1. The first kappa shape index (κ1) is 30.2. The standard InChI is InChI=1S/C23H27N3O.C12H17N3O/c1-25(2)15-17-13-18-7-3-6-10-22(18)26(16-17)23(27)12-11-19-14-24-21-9-5-4-8-20(19)21;1-10-4-2-3-5-11(10)14-6-8-15(9-7-14)12(13)16/h3-10,14,17,24H,11-13,15-16H2,1-2H3;2-5H,6-9H2,1H3,(H2,13,16). The number of primary amides is 1. The summed E-state index contributed by atoms with van der Waals surface area (Å²) >= 11 is 0.